The van der Waals surface area contributed by atoms with Gasteiger partial charge in [-0.2, -0.15) is 12.6 Å². The van der Waals surface area contributed by atoms with Crippen molar-refractivity contribution in [2.24, 2.45) is 23.7 Å². The molecular weight excluding hydrogens is 902 g/mol. The average Bonchev–Trinajstić information content (AvgIpc) is 3.73. The molecule has 1 saturated heterocycles. The molecule has 0 radical (unpaired) electrons. The molecule has 2 unspecified atom stereocenters. The van der Waals surface area contributed by atoms with Crippen LogP contribution in [0, 0.1) is 23.7 Å². The smallest absolute Gasteiger partial charge is 0.472 e. The number of carboxylic acid groups (broad SMARTS) is 1. The minimum absolute atomic E-state index is 0.00316. The van der Waals surface area contributed by atoms with Crippen molar-refractivity contribution in [3.05, 3.63) is 39.8 Å². The molecule has 2 heterocycles. The van der Waals surface area contributed by atoms with Gasteiger partial charge in [0, 0.05) is 56.6 Å². The molecule has 65 heavy (non-hydrogen) atoms. The highest BCUT2D eigenvalue weighted by molar-refractivity contribution is 7.80. The number of nitrogens with one attached hydrogen (secondary N) is 2. The molecule has 1 aliphatic heterocycles. The van der Waals surface area contributed by atoms with Crippen LogP contribution in [-0.4, -0.2) is 116 Å². The standard InChI is InChI=1S/C44H68N5O13PS2/c1-9-27(4)32(22-37(51)35-13-10-11-17-48(35)7)43(54)49(8)36(26(2)3)23-39(62-29(6)50)42-47-34(24-65-42)41(53)45-31(19-28(5)44(55)56)20-30-15-16-38(60-25-61-63(57,58)59)33(21-30)46-40(52)14-12-18-64/h15-16,21,24,26-28,31-32,35-36,39,64H,9-14,17-20,22-23,25H2,1-8H3,(H,45,53)(H,46,52)(H,55,56)(H2,57,58,59)/t27-,28?,31+,32?,35+,36+,39+/m0/s1. The number of hydrogen-bond acceptors (Lipinski definition) is 14. The van der Waals surface area contributed by atoms with Crippen molar-refractivity contribution in [3.8, 4) is 5.75 Å². The molecule has 3 amide bonds. The van der Waals surface area contributed by atoms with Gasteiger partial charge < -0.3 is 39.9 Å². The number of hydrogen-bond donors (Lipinski definition) is 6. The Morgan fingerprint density at radius 2 is 1.80 bits per heavy atom. The summed E-state index contributed by atoms with van der Waals surface area (Å²) in [5.41, 5.74) is 0.699. The molecule has 0 saturated carbocycles. The third kappa shape index (κ3) is 18.0. The van der Waals surface area contributed by atoms with Crippen molar-refractivity contribution in [2.45, 2.75) is 130 Å². The van der Waals surface area contributed by atoms with E-state index in [2.05, 4.69) is 37.7 Å². The Kier molecular flexibility index (Phi) is 22.5. The van der Waals surface area contributed by atoms with Gasteiger partial charge in [-0.05, 0) is 81.0 Å². The highest BCUT2D eigenvalue weighted by Gasteiger charge is 2.38. The van der Waals surface area contributed by atoms with E-state index in [1.54, 1.807) is 24.1 Å². The number of piperidine rings is 1. The van der Waals surface area contributed by atoms with Gasteiger partial charge in [0.15, 0.2) is 18.7 Å². The molecule has 0 aliphatic carbocycles. The number of benzene rings is 1. The molecule has 2 aromatic rings. The monoisotopic (exact) mass is 969 g/mol. The van der Waals surface area contributed by atoms with E-state index in [1.807, 2.05) is 34.7 Å². The summed E-state index contributed by atoms with van der Waals surface area (Å²) in [4.78, 5) is 106. The van der Waals surface area contributed by atoms with Crippen molar-refractivity contribution >= 4 is 72.9 Å². The van der Waals surface area contributed by atoms with E-state index < -0.39 is 62.5 Å². The van der Waals surface area contributed by atoms with E-state index in [1.165, 1.54) is 25.3 Å². The molecule has 1 aromatic carbocycles. The maximum atomic E-state index is 14.4. The van der Waals surface area contributed by atoms with Gasteiger partial charge in [0.1, 0.15) is 16.5 Å². The van der Waals surface area contributed by atoms with Crippen LogP contribution < -0.4 is 15.4 Å². The lowest BCUT2D eigenvalue weighted by Crippen LogP contribution is -2.48. The van der Waals surface area contributed by atoms with Gasteiger partial charge in [-0.3, -0.25) is 33.7 Å². The zero-order valence-electron chi connectivity index (χ0n) is 38.7. The summed E-state index contributed by atoms with van der Waals surface area (Å²) in [7, 11) is -1.19. The summed E-state index contributed by atoms with van der Waals surface area (Å²) in [5.74, 6) is -3.85. The second-order valence-electron chi connectivity index (χ2n) is 17.3. The largest absolute Gasteiger partial charge is 0.481 e. The number of aliphatic carboxylic acids is 1. The molecule has 1 aromatic heterocycles. The molecule has 1 aliphatic rings. The molecule has 3 rings (SSSR count). The van der Waals surface area contributed by atoms with E-state index in [0.29, 0.717) is 29.2 Å². The molecule has 7 atom stereocenters. The third-order valence-electron chi connectivity index (χ3n) is 11.8. The van der Waals surface area contributed by atoms with Crippen LogP contribution in [-0.2, 0) is 44.2 Å². The van der Waals surface area contributed by atoms with Crippen LogP contribution in [0.25, 0.3) is 0 Å². The van der Waals surface area contributed by atoms with E-state index in [9.17, 15) is 38.4 Å². The number of ether oxygens (including phenoxy) is 2. The summed E-state index contributed by atoms with van der Waals surface area (Å²) >= 11 is 5.24. The fourth-order valence-corrected chi connectivity index (χ4v) is 9.10. The maximum absolute atomic E-state index is 14.4. The quantitative estimate of drug-likeness (QED) is 0.0250. The number of phosphoric ester groups is 1. The van der Waals surface area contributed by atoms with Gasteiger partial charge in [0.2, 0.25) is 11.8 Å². The minimum Gasteiger partial charge on any atom is -0.481 e. The normalized spacial score (nSPS) is 17.3. The number of nitrogens with zero attached hydrogens (tertiary/aromatic N) is 3. The predicted octanol–water partition coefficient (Wildman–Crippen LogP) is 6.27. The number of carbonyl (C=O) groups is 6. The lowest BCUT2D eigenvalue weighted by Gasteiger charge is -2.37. The summed E-state index contributed by atoms with van der Waals surface area (Å²) < 4.78 is 26.8. The number of rotatable bonds is 27. The van der Waals surface area contributed by atoms with Crippen LogP contribution in [0.5, 0.6) is 5.75 Å². The number of amides is 3. The first-order valence-corrected chi connectivity index (χ1v) is 25.1. The van der Waals surface area contributed by atoms with Crippen LogP contribution in [0.1, 0.15) is 126 Å². The zero-order chi connectivity index (χ0) is 48.6. The van der Waals surface area contributed by atoms with Crippen LogP contribution in [0.3, 0.4) is 0 Å². The van der Waals surface area contributed by atoms with E-state index in [0.717, 1.165) is 37.1 Å². The summed E-state index contributed by atoms with van der Waals surface area (Å²) in [5, 5.41) is 17.2. The summed E-state index contributed by atoms with van der Waals surface area (Å²) in [6.07, 6.45) is 3.54. The summed E-state index contributed by atoms with van der Waals surface area (Å²) in [6.45, 7) is 10.7. The average molecular weight is 970 g/mol. The highest BCUT2D eigenvalue weighted by atomic mass is 32.1. The first-order valence-electron chi connectivity index (χ1n) is 22.1. The number of thiazole rings is 1. The van der Waals surface area contributed by atoms with E-state index in [-0.39, 0.29) is 84.7 Å². The molecule has 0 spiro atoms. The second kappa shape index (κ2) is 26.4. The van der Waals surface area contributed by atoms with Gasteiger partial charge in [-0.1, -0.05) is 53.5 Å². The number of ketones is 1. The van der Waals surface area contributed by atoms with Crippen molar-refractivity contribution in [2.75, 3.05) is 38.5 Å². The maximum Gasteiger partial charge on any atom is 0.472 e. The minimum atomic E-state index is -4.86. The second-order valence-corrected chi connectivity index (χ2v) is 19.8. The van der Waals surface area contributed by atoms with Crippen LogP contribution >= 0.6 is 31.8 Å². The number of likely N-dealkylation sites (tertiary alicyclic amines) is 1. The van der Waals surface area contributed by atoms with Crippen LogP contribution in [0.15, 0.2) is 23.6 Å². The third-order valence-corrected chi connectivity index (χ3v) is 13.5. The fourth-order valence-electron chi connectivity index (χ4n) is 7.92. The number of esters is 1. The predicted molar refractivity (Wildman–Crippen MR) is 249 cm³/mol. The number of Topliss-reactive ketones (excluding diaryl/α,β-unsaturated/α-hetero) is 1. The number of carbonyl (C=O) groups excluding carboxylic acids is 5. The Balaban J connectivity index is 1.88. The molecule has 5 N–H and O–H groups in total. The number of anilines is 1. The molecule has 0 bridgehead atoms. The Bertz CT molecular complexity index is 1980. The number of thiol groups is 1. The van der Waals surface area contributed by atoms with Gasteiger partial charge in [0.05, 0.1) is 17.6 Å². The summed E-state index contributed by atoms with van der Waals surface area (Å²) in [6, 6.07) is 3.16. The lowest BCUT2D eigenvalue weighted by atomic mass is 9.83. The topological polar surface area (TPSA) is 251 Å². The van der Waals surface area contributed by atoms with Crippen LogP contribution in [0.4, 0.5) is 5.69 Å². The molecule has 1 fully saturated rings. The van der Waals surface area contributed by atoms with Crippen molar-refractivity contribution < 1.29 is 62.2 Å². The van der Waals surface area contributed by atoms with Gasteiger partial charge in [-0.25, -0.2) is 14.1 Å². The fraction of sp³-hybridized carbons (Fsp3) is 0.659. The SMILES string of the molecule is CC[C@H](C)C(CC(=O)[C@H]1CCCCN1C)C(=O)N(C)[C@H](C[C@@H](OC(C)=O)c1nc(C(=O)N[C@@H](Cc2ccc(OCOP(=O)(O)O)c(NC(=O)CCCS)c2)CC(C)C(=O)O)cs1)C(C)C. The highest BCUT2D eigenvalue weighted by Crippen LogP contribution is 2.37. The van der Waals surface area contributed by atoms with E-state index >= 15 is 0 Å². The lowest BCUT2D eigenvalue weighted by molar-refractivity contribution is -0.149. The number of carboxylic acids is 1. The number of likely N-dealkylation sites (N-methyl/N-ethyl adjacent to an activating group) is 1. The first kappa shape index (κ1) is 55.4. The Hall–Kier alpha value is -3.91. The number of phosphoric acid groups is 1. The Labute approximate surface area is 391 Å². The number of aromatic nitrogens is 1. The molecule has 21 heteroatoms. The molecular formula is C44H68N5O13PS2. The van der Waals surface area contributed by atoms with E-state index in [4.69, 9.17) is 19.3 Å². The van der Waals surface area contributed by atoms with Crippen molar-refractivity contribution in [1.82, 2.24) is 20.1 Å². The van der Waals surface area contributed by atoms with Crippen molar-refractivity contribution in [1.29, 1.82) is 0 Å². The molecule has 364 valence electrons. The van der Waals surface area contributed by atoms with Crippen LogP contribution in [0.2, 0.25) is 0 Å². The Morgan fingerprint density at radius 3 is 2.40 bits per heavy atom. The first-order chi connectivity index (χ1) is 30.5. The van der Waals surface area contributed by atoms with Gasteiger partial charge in [0.25, 0.3) is 5.91 Å². The zero-order valence-corrected chi connectivity index (χ0v) is 41.3. The Morgan fingerprint density at radius 1 is 1.09 bits per heavy atom. The van der Waals surface area contributed by atoms with Gasteiger partial charge in [-0.15, -0.1) is 11.3 Å². The van der Waals surface area contributed by atoms with Crippen molar-refractivity contribution in [3.63, 3.8) is 0 Å². The van der Waals surface area contributed by atoms with Gasteiger partial charge >= 0.3 is 19.8 Å². The molecule has 18 nitrogen and oxygen atoms in total.